The normalized spacial score (nSPS) is 15.0. The molecule has 1 aliphatic rings. The quantitative estimate of drug-likeness (QED) is 0.340. The van der Waals surface area contributed by atoms with E-state index in [-0.39, 0.29) is 61.9 Å². The van der Waals surface area contributed by atoms with Gasteiger partial charge in [-0.3, -0.25) is 19.8 Å². The molecule has 4 amide bonds. The van der Waals surface area contributed by atoms with Crippen LogP contribution in [0.15, 0.2) is 12.1 Å². The fraction of sp³-hybridized carbons (Fsp3) is 0.450. The maximum atomic E-state index is 15.1. The summed E-state index contributed by atoms with van der Waals surface area (Å²) >= 11 is 0. The molecule has 1 saturated heterocycles. The minimum atomic E-state index is -0.908. The summed E-state index contributed by atoms with van der Waals surface area (Å²) < 4.78 is 35.3. The number of carbonyl (C=O) groups is 3. The first-order chi connectivity index (χ1) is 17.1. The molecule has 0 aliphatic carbocycles. The van der Waals surface area contributed by atoms with Gasteiger partial charge in [-0.15, -0.1) is 5.10 Å². The lowest BCUT2D eigenvalue weighted by atomic mass is 10.2. The Hall–Kier alpha value is -4.21. The Morgan fingerprint density at radius 1 is 1.33 bits per heavy atom. The number of benzene rings is 1. The highest BCUT2D eigenvalue weighted by Gasteiger charge is 2.33. The smallest absolute Gasteiger partial charge is 0.414 e. The van der Waals surface area contributed by atoms with Crippen LogP contribution in [0.4, 0.5) is 41.6 Å². The molecular weight excluding hydrogens is 484 g/mol. The molecular formula is C20H27F2N9O5. The van der Waals surface area contributed by atoms with E-state index >= 15 is 8.78 Å². The fourth-order valence-corrected chi connectivity index (χ4v) is 3.51. The van der Waals surface area contributed by atoms with Crippen molar-refractivity contribution in [3.63, 3.8) is 0 Å². The van der Waals surface area contributed by atoms with Crippen LogP contribution < -0.4 is 26.2 Å². The number of likely N-dealkylation sites (N-methyl/N-ethyl adjacent to an activating group) is 1. The number of nitrogens with zero attached hydrogens (tertiary/aromatic N) is 5. The summed E-state index contributed by atoms with van der Waals surface area (Å²) in [6.45, 7) is 3.24. The summed E-state index contributed by atoms with van der Waals surface area (Å²) in [5.41, 5.74) is 5.06. The number of nitrogens with one attached hydrogen (secondary N) is 3. The van der Waals surface area contributed by atoms with Crippen molar-refractivity contribution >= 4 is 41.3 Å². The number of ether oxygens (including phenoxy) is 1. The van der Waals surface area contributed by atoms with Gasteiger partial charge >= 0.3 is 12.1 Å². The Kier molecular flexibility index (Phi) is 8.42. The van der Waals surface area contributed by atoms with Crippen molar-refractivity contribution in [2.24, 2.45) is 0 Å². The molecule has 1 aromatic carbocycles. The first-order valence-electron chi connectivity index (χ1n) is 10.9. The molecule has 0 bridgehead atoms. The molecule has 3 rings (SSSR count). The number of amides is 4. The Morgan fingerprint density at radius 3 is 2.58 bits per heavy atom. The number of nitrogens with two attached hydrogens (primary N) is 1. The van der Waals surface area contributed by atoms with Gasteiger partial charge in [-0.2, -0.15) is 4.98 Å². The van der Waals surface area contributed by atoms with Crippen molar-refractivity contribution in [3.8, 4) is 0 Å². The zero-order chi connectivity index (χ0) is 26.4. The molecule has 0 spiro atoms. The Morgan fingerprint density at radius 2 is 2.03 bits per heavy atom. The van der Waals surface area contributed by atoms with E-state index in [1.54, 1.807) is 6.92 Å². The zero-order valence-electron chi connectivity index (χ0n) is 19.9. The number of aromatic amines is 1. The van der Waals surface area contributed by atoms with E-state index in [0.29, 0.717) is 0 Å². The topological polar surface area (TPSA) is 171 Å². The third kappa shape index (κ3) is 6.26. The van der Waals surface area contributed by atoms with Crippen molar-refractivity contribution in [2.45, 2.75) is 20.0 Å². The molecule has 0 unspecified atom stereocenters. The van der Waals surface area contributed by atoms with Crippen molar-refractivity contribution in [1.82, 2.24) is 25.6 Å². The van der Waals surface area contributed by atoms with Gasteiger partial charge in [0.25, 0.3) is 5.95 Å². The number of urea groups is 1. The van der Waals surface area contributed by atoms with Gasteiger partial charge in [-0.25, -0.2) is 28.5 Å². The molecule has 1 fully saturated rings. The number of hydroxylamine groups is 2. The van der Waals surface area contributed by atoms with E-state index in [1.807, 2.05) is 0 Å². The molecule has 5 N–H and O–H groups in total. The molecule has 0 radical (unpaired) electrons. The third-order valence-electron chi connectivity index (χ3n) is 5.21. The number of H-pyrrole nitrogens is 1. The Bertz CT molecular complexity index is 1090. The summed E-state index contributed by atoms with van der Waals surface area (Å²) in [5.74, 6) is -2.17. The van der Waals surface area contributed by atoms with E-state index in [1.165, 1.54) is 18.9 Å². The van der Waals surface area contributed by atoms with Gasteiger partial charge < -0.3 is 20.7 Å². The van der Waals surface area contributed by atoms with Gasteiger partial charge in [0.15, 0.2) is 11.6 Å². The van der Waals surface area contributed by atoms with Crippen molar-refractivity contribution in [2.75, 3.05) is 60.7 Å². The fourth-order valence-electron chi connectivity index (χ4n) is 3.51. The lowest BCUT2D eigenvalue weighted by Gasteiger charge is -2.28. The van der Waals surface area contributed by atoms with E-state index in [9.17, 15) is 14.4 Å². The molecule has 0 saturated carbocycles. The van der Waals surface area contributed by atoms with Gasteiger partial charge in [0.05, 0.1) is 32.4 Å². The third-order valence-corrected chi connectivity index (χ3v) is 5.21. The highest BCUT2D eigenvalue weighted by atomic mass is 19.1. The minimum absolute atomic E-state index is 0.00558. The van der Waals surface area contributed by atoms with Crippen molar-refractivity contribution < 1.29 is 32.7 Å². The van der Waals surface area contributed by atoms with Crippen molar-refractivity contribution in [1.29, 1.82) is 0 Å². The Balaban J connectivity index is 1.68. The number of nitrogen functional groups attached to an aromatic ring is 1. The molecule has 2 heterocycles. The maximum absolute atomic E-state index is 15.1. The van der Waals surface area contributed by atoms with E-state index in [4.69, 9.17) is 15.3 Å². The average molecular weight is 511 g/mol. The van der Waals surface area contributed by atoms with Gasteiger partial charge in [-0.1, -0.05) is 0 Å². The van der Waals surface area contributed by atoms with Crippen LogP contribution in [0, 0.1) is 11.6 Å². The molecule has 1 atom stereocenters. The predicted octanol–water partition coefficient (Wildman–Crippen LogP) is 1.05. The van der Waals surface area contributed by atoms with Gasteiger partial charge in [0.1, 0.15) is 11.8 Å². The van der Waals surface area contributed by atoms with Crippen LogP contribution in [0.3, 0.4) is 0 Å². The van der Waals surface area contributed by atoms with E-state index in [0.717, 1.165) is 22.1 Å². The SMILES string of the molecule is CCN(CCN(OC)C(=O)Nc1n[nH]c(N)n1)c1c(F)cc(N2C[C@H](CNC(C)=O)OC2=O)cc1F. The summed E-state index contributed by atoms with van der Waals surface area (Å²) in [4.78, 5) is 46.9. The molecule has 36 heavy (non-hydrogen) atoms. The van der Waals surface area contributed by atoms with Gasteiger partial charge in [-0.05, 0) is 6.92 Å². The molecule has 16 heteroatoms. The number of cyclic esters (lactones) is 1. The highest BCUT2D eigenvalue weighted by Crippen LogP contribution is 2.31. The second-order valence-electron chi connectivity index (χ2n) is 7.65. The Labute approximate surface area is 204 Å². The van der Waals surface area contributed by atoms with Crippen LogP contribution in [0.2, 0.25) is 0 Å². The molecule has 1 aromatic heterocycles. The van der Waals surface area contributed by atoms with Crippen LogP contribution in [0.5, 0.6) is 0 Å². The standard InChI is InChI=1S/C20H27F2N9O5/c1-4-29(5-6-31(35-3)19(33)26-18-25-17(23)27-28-18)16-14(21)7-12(8-15(16)22)30-10-13(36-20(30)34)9-24-11(2)32/h7-8,13H,4-6,9-10H2,1-3H3,(H,24,32)(H4,23,25,26,27,28,33)/t13-/m0/s1. The monoisotopic (exact) mass is 511 g/mol. The number of carbonyl (C=O) groups excluding carboxylic acids is 3. The molecule has 196 valence electrons. The van der Waals surface area contributed by atoms with Crippen LogP contribution >= 0.6 is 0 Å². The number of aromatic nitrogens is 3. The van der Waals surface area contributed by atoms with E-state index < -0.39 is 29.9 Å². The number of hydrogen-bond acceptors (Lipinski definition) is 9. The van der Waals surface area contributed by atoms with Crippen molar-refractivity contribution in [3.05, 3.63) is 23.8 Å². The average Bonchev–Trinajstić information content (AvgIpc) is 3.40. The van der Waals surface area contributed by atoms with E-state index in [2.05, 4.69) is 25.8 Å². The first kappa shape index (κ1) is 26.4. The van der Waals surface area contributed by atoms with Crippen LogP contribution in [0.25, 0.3) is 0 Å². The number of hydrogen-bond donors (Lipinski definition) is 4. The molecule has 2 aromatic rings. The van der Waals surface area contributed by atoms with Crippen LogP contribution in [-0.4, -0.2) is 84.2 Å². The second-order valence-corrected chi connectivity index (χ2v) is 7.65. The predicted molar refractivity (Wildman–Crippen MR) is 124 cm³/mol. The lowest BCUT2D eigenvalue weighted by Crippen LogP contribution is -2.41. The number of rotatable bonds is 10. The van der Waals surface area contributed by atoms with Crippen LogP contribution in [0.1, 0.15) is 13.8 Å². The summed E-state index contributed by atoms with van der Waals surface area (Å²) in [6, 6.07) is 1.33. The van der Waals surface area contributed by atoms with Gasteiger partial charge in [0, 0.05) is 32.1 Å². The first-order valence-corrected chi connectivity index (χ1v) is 10.9. The zero-order valence-corrected chi connectivity index (χ0v) is 19.9. The number of halogens is 2. The number of anilines is 4. The lowest BCUT2D eigenvalue weighted by molar-refractivity contribution is -0.119. The second kappa shape index (κ2) is 11.5. The largest absolute Gasteiger partial charge is 0.442 e. The molecule has 1 aliphatic heterocycles. The minimum Gasteiger partial charge on any atom is -0.442 e. The summed E-state index contributed by atoms with van der Waals surface area (Å²) in [7, 11) is 1.26. The highest BCUT2D eigenvalue weighted by molar-refractivity contribution is 5.90. The van der Waals surface area contributed by atoms with Crippen LogP contribution in [-0.2, 0) is 14.4 Å². The maximum Gasteiger partial charge on any atom is 0.414 e. The van der Waals surface area contributed by atoms with Gasteiger partial charge in [0.2, 0.25) is 11.9 Å². The molecule has 14 nitrogen and oxygen atoms in total. The summed E-state index contributed by atoms with van der Waals surface area (Å²) in [6.07, 6.45) is -1.43. The summed E-state index contributed by atoms with van der Waals surface area (Å²) in [5, 5.41) is 11.9.